The molecule has 0 aliphatic carbocycles. The number of rotatable bonds is 10. The predicted octanol–water partition coefficient (Wildman–Crippen LogP) is 4.18. The minimum atomic E-state index is -0.111. The maximum atomic E-state index is 9.77. The van der Waals surface area contributed by atoms with Crippen LogP contribution in [-0.2, 0) is 0 Å². The molecule has 3 aromatic carbocycles. The third-order valence-electron chi connectivity index (χ3n) is 5.80. The normalized spacial score (nSPS) is 11.6. The van der Waals surface area contributed by atoms with Crippen LogP contribution in [0.1, 0.15) is 6.42 Å². The SMILES string of the molecule is CN(C)CCCOc1ccc2nc(-c3ccc(-c4nc5ccc(O)cc5[nH]4)c(OCCO)c3)[nH]c2c1. The number of imidazole rings is 2. The molecule has 0 radical (unpaired) electrons. The molecule has 0 bridgehead atoms. The van der Waals surface area contributed by atoms with E-state index in [1.165, 1.54) is 0 Å². The number of H-pyrrole nitrogens is 2. The number of phenolic OH excluding ortho intramolecular Hbond substituents is 1. The Morgan fingerprint density at radius 3 is 2.39 bits per heavy atom. The molecule has 5 rings (SSSR count). The second kappa shape index (κ2) is 10.3. The van der Waals surface area contributed by atoms with Gasteiger partial charge in [-0.05, 0) is 56.9 Å². The van der Waals surface area contributed by atoms with Crippen LogP contribution in [0.25, 0.3) is 44.8 Å². The number of benzene rings is 3. The van der Waals surface area contributed by atoms with Crippen molar-refractivity contribution in [2.24, 2.45) is 0 Å². The van der Waals surface area contributed by atoms with E-state index in [1.807, 2.05) is 50.5 Å². The summed E-state index contributed by atoms with van der Waals surface area (Å²) >= 11 is 0. The number of nitrogens with one attached hydrogen (secondary N) is 2. The van der Waals surface area contributed by atoms with E-state index < -0.39 is 0 Å². The zero-order valence-corrected chi connectivity index (χ0v) is 20.3. The number of aliphatic hydroxyl groups excluding tert-OH is 1. The van der Waals surface area contributed by atoms with Gasteiger partial charge in [0, 0.05) is 24.2 Å². The van der Waals surface area contributed by atoms with Crippen LogP contribution in [0, 0.1) is 0 Å². The van der Waals surface area contributed by atoms with Crippen LogP contribution >= 0.6 is 0 Å². The average molecular weight is 488 g/mol. The van der Waals surface area contributed by atoms with Gasteiger partial charge >= 0.3 is 0 Å². The van der Waals surface area contributed by atoms with Gasteiger partial charge in [0.25, 0.3) is 0 Å². The first kappa shape index (κ1) is 23.7. The Labute approximate surface area is 208 Å². The van der Waals surface area contributed by atoms with Gasteiger partial charge in [0.1, 0.15) is 35.5 Å². The summed E-state index contributed by atoms with van der Waals surface area (Å²) in [4.78, 5) is 18.1. The summed E-state index contributed by atoms with van der Waals surface area (Å²) in [5, 5.41) is 19.1. The number of hydrogen-bond donors (Lipinski definition) is 4. The molecule has 4 N–H and O–H groups in total. The molecule has 0 spiro atoms. The lowest BCUT2D eigenvalue weighted by Crippen LogP contribution is -2.15. The fraction of sp³-hybridized carbons (Fsp3) is 0.259. The van der Waals surface area contributed by atoms with Crippen molar-refractivity contribution in [1.29, 1.82) is 0 Å². The van der Waals surface area contributed by atoms with Crippen molar-refractivity contribution in [1.82, 2.24) is 24.8 Å². The topological polar surface area (TPSA) is 120 Å². The van der Waals surface area contributed by atoms with Gasteiger partial charge in [-0.15, -0.1) is 0 Å². The molecule has 0 saturated heterocycles. The number of nitrogens with zero attached hydrogens (tertiary/aromatic N) is 3. The third-order valence-corrected chi connectivity index (χ3v) is 5.80. The third kappa shape index (κ3) is 5.12. The zero-order valence-electron chi connectivity index (χ0n) is 20.3. The van der Waals surface area contributed by atoms with E-state index in [-0.39, 0.29) is 19.0 Å². The summed E-state index contributed by atoms with van der Waals surface area (Å²) in [5.41, 5.74) is 4.76. The summed E-state index contributed by atoms with van der Waals surface area (Å²) in [7, 11) is 4.10. The molecule has 5 aromatic rings. The van der Waals surface area contributed by atoms with Crippen molar-refractivity contribution in [2.75, 3.05) is 40.5 Å². The molecule has 0 aliphatic heterocycles. The Morgan fingerprint density at radius 1 is 0.833 bits per heavy atom. The van der Waals surface area contributed by atoms with Crippen LogP contribution in [0.2, 0.25) is 0 Å². The van der Waals surface area contributed by atoms with Crippen molar-refractivity contribution < 1.29 is 19.7 Å². The number of aliphatic hydroxyl groups is 1. The van der Waals surface area contributed by atoms with Gasteiger partial charge < -0.3 is 34.6 Å². The smallest absolute Gasteiger partial charge is 0.142 e. The number of phenols is 1. The minimum Gasteiger partial charge on any atom is -0.508 e. The molecule has 0 aliphatic rings. The fourth-order valence-corrected chi connectivity index (χ4v) is 4.05. The molecule has 2 aromatic heterocycles. The van der Waals surface area contributed by atoms with E-state index in [2.05, 4.69) is 19.9 Å². The molecule has 36 heavy (non-hydrogen) atoms. The van der Waals surface area contributed by atoms with Crippen LogP contribution in [0.5, 0.6) is 17.2 Å². The lowest BCUT2D eigenvalue weighted by Gasteiger charge is -2.10. The van der Waals surface area contributed by atoms with Gasteiger partial charge in [-0.3, -0.25) is 0 Å². The maximum Gasteiger partial charge on any atom is 0.142 e. The number of ether oxygens (including phenoxy) is 2. The molecule has 0 amide bonds. The molecule has 9 nitrogen and oxygen atoms in total. The monoisotopic (exact) mass is 487 g/mol. The first-order valence-electron chi connectivity index (χ1n) is 11.8. The highest BCUT2D eigenvalue weighted by atomic mass is 16.5. The first-order chi connectivity index (χ1) is 17.5. The van der Waals surface area contributed by atoms with Crippen molar-refractivity contribution in [2.45, 2.75) is 6.42 Å². The Morgan fingerprint density at radius 2 is 1.58 bits per heavy atom. The molecule has 2 heterocycles. The van der Waals surface area contributed by atoms with E-state index in [0.717, 1.165) is 51.9 Å². The Kier molecular flexibility index (Phi) is 6.75. The van der Waals surface area contributed by atoms with E-state index >= 15 is 0 Å². The van der Waals surface area contributed by atoms with E-state index in [0.29, 0.717) is 24.0 Å². The lowest BCUT2D eigenvalue weighted by atomic mass is 10.1. The Bertz CT molecular complexity index is 1490. The van der Waals surface area contributed by atoms with Gasteiger partial charge in [0.15, 0.2) is 0 Å². The Balaban J connectivity index is 1.43. The highest BCUT2D eigenvalue weighted by Gasteiger charge is 2.15. The van der Waals surface area contributed by atoms with Crippen molar-refractivity contribution in [3.8, 4) is 40.0 Å². The molecule has 186 valence electrons. The van der Waals surface area contributed by atoms with Gasteiger partial charge in [-0.25, -0.2) is 9.97 Å². The zero-order chi connectivity index (χ0) is 25.1. The van der Waals surface area contributed by atoms with Crippen LogP contribution in [-0.4, -0.2) is 75.5 Å². The molecule has 9 heteroatoms. The first-order valence-corrected chi connectivity index (χ1v) is 11.8. The van der Waals surface area contributed by atoms with E-state index in [1.54, 1.807) is 18.2 Å². The van der Waals surface area contributed by atoms with Gasteiger partial charge in [-0.1, -0.05) is 6.07 Å². The molecular formula is C27H29N5O4. The van der Waals surface area contributed by atoms with Crippen LogP contribution in [0.15, 0.2) is 54.6 Å². The second-order valence-electron chi connectivity index (χ2n) is 8.84. The number of aromatic hydroxyl groups is 1. The molecule has 0 saturated carbocycles. The average Bonchev–Trinajstić information content (AvgIpc) is 3.48. The lowest BCUT2D eigenvalue weighted by molar-refractivity contribution is 0.202. The predicted molar refractivity (Wildman–Crippen MR) is 140 cm³/mol. The standard InChI is InChI=1S/C27H29N5O4/c1-32(2)10-3-12-35-19-6-9-22-24(16-19)30-26(28-22)17-4-7-20(25(14-17)36-13-11-33)27-29-21-8-5-18(34)15-23(21)31-27/h4-9,14-16,33-34H,3,10-13H2,1-2H3,(H,28,30)(H,29,31). The van der Waals surface area contributed by atoms with E-state index in [4.69, 9.17) is 14.5 Å². The molecule has 0 atom stereocenters. The number of aromatic nitrogens is 4. The summed E-state index contributed by atoms with van der Waals surface area (Å²) in [6.45, 7) is 1.66. The maximum absolute atomic E-state index is 9.77. The molecule has 0 unspecified atom stereocenters. The molecular weight excluding hydrogens is 458 g/mol. The highest BCUT2D eigenvalue weighted by Crippen LogP contribution is 2.34. The van der Waals surface area contributed by atoms with Crippen LogP contribution in [0.4, 0.5) is 0 Å². The summed E-state index contributed by atoms with van der Waals surface area (Å²) in [5.74, 6) is 2.84. The van der Waals surface area contributed by atoms with Gasteiger partial charge in [0.2, 0.25) is 0 Å². The van der Waals surface area contributed by atoms with Gasteiger partial charge in [0.05, 0.1) is 40.8 Å². The summed E-state index contributed by atoms with van der Waals surface area (Å²) < 4.78 is 11.8. The van der Waals surface area contributed by atoms with E-state index in [9.17, 15) is 10.2 Å². The summed E-state index contributed by atoms with van der Waals surface area (Å²) in [6, 6.07) is 16.5. The van der Waals surface area contributed by atoms with Crippen LogP contribution in [0.3, 0.4) is 0 Å². The number of hydrogen-bond acceptors (Lipinski definition) is 7. The number of aromatic amines is 2. The Hall–Kier alpha value is -4.08. The minimum absolute atomic E-state index is 0.111. The number of fused-ring (bicyclic) bond motifs is 2. The van der Waals surface area contributed by atoms with Crippen molar-refractivity contribution in [3.63, 3.8) is 0 Å². The second-order valence-corrected chi connectivity index (χ2v) is 8.84. The van der Waals surface area contributed by atoms with Crippen molar-refractivity contribution in [3.05, 3.63) is 54.6 Å². The molecule has 0 fully saturated rings. The van der Waals surface area contributed by atoms with Crippen molar-refractivity contribution >= 4 is 22.1 Å². The van der Waals surface area contributed by atoms with Gasteiger partial charge in [-0.2, -0.15) is 0 Å². The summed E-state index contributed by atoms with van der Waals surface area (Å²) in [6.07, 6.45) is 0.953. The fourth-order valence-electron chi connectivity index (χ4n) is 4.05. The quantitative estimate of drug-likeness (QED) is 0.218. The highest BCUT2D eigenvalue weighted by molar-refractivity contribution is 5.84. The van der Waals surface area contributed by atoms with Crippen LogP contribution < -0.4 is 9.47 Å². The largest absolute Gasteiger partial charge is 0.508 e.